The lowest BCUT2D eigenvalue weighted by Gasteiger charge is -2.47. The third-order valence-electron chi connectivity index (χ3n) is 5.29. The largest absolute Gasteiger partial charge is 0.361 e. The van der Waals surface area contributed by atoms with E-state index in [0.717, 1.165) is 0 Å². The van der Waals surface area contributed by atoms with E-state index in [9.17, 15) is 18.4 Å². The molecule has 4 rings (SSSR count). The molecular formula is C21H20F2N2O3. The number of hydrogen-bond donors (Lipinski definition) is 0. The van der Waals surface area contributed by atoms with Gasteiger partial charge in [0.15, 0.2) is 0 Å². The molecule has 2 amide bonds. The molecule has 0 saturated carbocycles. The van der Waals surface area contributed by atoms with Gasteiger partial charge in [0.1, 0.15) is 23.8 Å². The van der Waals surface area contributed by atoms with Crippen molar-refractivity contribution in [1.29, 1.82) is 0 Å². The number of ether oxygens (including phenoxy) is 1. The topological polar surface area (TPSA) is 49.9 Å². The van der Waals surface area contributed by atoms with Gasteiger partial charge in [0.2, 0.25) is 0 Å². The van der Waals surface area contributed by atoms with E-state index in [4.69, 9.17) is 4.74 Å². The lowest BCUT2D eigenvalue weighted by atomic mass is 9.90. The molecule has 1 spiro atoms. The zero-order valence-corrected chi connectivity index (χ0v) is 15.2. The fourth-order valence-corrected chi connectivity index (χ4v) is 3.89. The van der Waals surface area contributed by atoms with Crippen LogP contribution in [0.3, 0.4) is 0 Å². The van der Waals surface area contributed by atoms with Gasteiger partial charge in [-0.1, -0.05) is 6.07 Å². The maximum absolute atomic E-state index is 13.5. The van der Waals surface area contributed by atoms with Crippen molar-refractivity contribution in [2.75, 3.05) is 31.1 Å². The molecule has 0 aromatic heterocycles. The summed E-state index contributed by atoms with van der Waals surface area (Å²) in [6.45, 7) is 1.04. The number of rotatable bonds is 2. The van der Waals surface area contributed by atoms with Gasteiger partial charge in [-0.3, -0.25) is 9.59 Å². The number of nitrogens with zero attached hydrogens (tertiary/aromatic N) is 2. The summed E-state index contributed by atoms with van der Waals surface area (Å²) in [5.74, 6) is -1.29. The van der Waals surface area contributed by atoms with E-state index in [0.29, 0.717) is 37.2 Å². The average molecular weight is 386 g/mol. The molecule has 0 radical (unpaired) electrons. The molecule has 2 aromatic rings. The first-order valence-corrected chi connectivity index (χ1v) is 9.21. The van der Waals surface area contributed by atoms with Crippen molar-refractivity contribution >= 4 is 17.5 Å². The molecule has 0 bridgehead atoms. The molecule has 2 aromatic carbocycles. The van der Waals surface area contributed by atoms with Crippen molar-refractivity contribution < 1.29 is 23.1 Å². The normalized spacial score (nSPS) is 22.6. The zero-order chi connectivity index (χ0) is 19.7. The van der Waals surface area contributed by atoms with Crippen molar-refractivity contribution in [2.24, 2.45) is 0 Å². The summed E-state index contributed by atoms with van der Waals surface area (Å²) in [4.78, 5) is 28.4. The van der Waals surface area contributed by atoms with Crippen LogP contribution in [0.15, 0.2) is 48.5 Å². The number of hydrogen-bond acceptors (Lipinski definition) is 3. The maximum atomic E-state index is 13.5. The quantitative estimate of drug-likeness (QED) is 0.797. The summed E-state index contributed by atoms with van der Waals surface area (Å²) in [5.41, 5.74) is 0.200. The number of benzene rings is 2. The molecule has 7 heteroatoms. The molecule has 1 unspecified atom stereocenters. The molecule has 146 valence electrons. The minimum Gasteiger partial charge on any atom is -0.361 e. The van der Waals surface area contributed by atoms with Gasteiger partial charge in [0.25, 0.3) is 11.8 Å². The van der Waals surface area contributed by atoms with Crippen LogP contribution < -0.4 is 4.90 Å². The van der Waals surface area contributed by atoms with Crippen LogP contribution in [0.25, 0.3) is 0 Å². The van der Waals surface area contributed by atoms with Crippen molar-refractivity contribution in [3.8, 4) is 0 Å². The van der Waals surface area contributed by atoms with Crippen LogP contribution in [-0.4, -0.2) is 48.6 Å². The Bertz CT molecular complexity index is 903. The summed E-state index contributed by atoms with van der Waals surface area (Å²) < 4.78 is 32.6. The molecule has 0 N–H and O–H groups in total. The predicted molar refractivity (Wildman–Crippen MR) is 99.0 cm³/mol. The highest BCUT2D eigenvalue weighted by Gasteiger charge is 2.44. The number of anilines is 1. The van der Waals surface area contributed by atoms with E-state index < -0.39 is 11.4 Å². The third-order valence-corrected chi connectivity index (χ3v) is 5.29. The van der Waals surface area contributed by atoms with Gasteiger partial charge in [0.05, 0.1) is 13.1 Å². The zero-order valence-electron chi connectivity index (χ0n) is 15.2. The Kier molecular flexibility index (Phi) is 4.85. The summed E-state index contributed by atoms with van der Waals surface area (Å²) >= 11 is 0. The van der Waals surface area contributed by atoms with Crippen LogP contribution in [0.2, 0.25) is 0 Å². The fourth-order valence-electron chi connectivity index (χ4n) is 3.89. The predicted octanol–water partition coefficient (Wildman–Crippen LogP) is 3.00. The molecule has 2 heterocycles. The highest BCUT2D eigenvalue weighted by molar-refractivity contribution is 5.96. The van der Waals surface area contributed by atoms with E-state index in [2.05, 4.69) is 0 Å². The van der Waals surface area contributed by atoms with Gasteiger partial charge in [0, 0.05) is 17.8 Å². The van der Waals surface area contributed by atoms with Crippen molar-refractivity contribution in [2.45, 2.75) is 18.4 Å². The van der Waals surface area contributed by atoms with Crippen LogP contribution in [0, 0.1) is 11.6 Å². The Morgan fingerprint density at radius 3 is 2.57 bits per heavy atom. The number of carbonyl (C=O) groups excluding carboxylic acids is 2. The minimum absolute atomic E-state index is 0.0978. The molecule has 2 aliphatic rings. The lowest BCUT2D eigenvalue weighted by Crippen LogP contribution is -2.62. The SMILES string of the molecule is O=C(c1cccc(F)c1)N1CCCC2(C1)CN(c1ccc(F)cc1)C(=O)CO2. The lowest BCUT2D eigenvalue weighted by molar-refractivity contribution is -0.144. The van der Waals surface area contributed by atoms with Gasteiger partial charge >= 0.3 is 0 Å². The number of likely N-dealkylation sites (tertiary alicyclic amines) is 1. The summed E-state index contributed by atoms with van der Waals surface area (Å²) in [7, 11) is 0. The highest BCUT2D eigenvalue weighted by Crippen LogP contribution is 2.32. The van der Waals surface area contributed by atoms with Gasteiger partial charge in [-0.2, -0.15) is 0 Å². The van der Waals surface area contributed by atoms with Crippen LogP contribution in [0.5, 0.6) is 0 Å². The highest BCUT2D eigenvalue weighted by atomic mass is 19.1. The van der Waals surface area contributed by atoms with Crippen molar-refractivity contribution in [3.05, 3.63) is 65.7 Å². The Balaban J connectivity index is 1.54. The Hall–Kier alpha value is -2.80. The summed E-state index contributed by atoms with van der Waals surface area (Å²) in [6, 6.07) is 11.4. The first-order valence-electron chi connectivity index (χ1n) is 9.21. The Morgan fingerprint density at radius 1 is 1.04 bits per heavy atom. The van der Waals surface area contributed by atoms with E-state index in [1.54, 1.807) is 28.0 Å². The monoisotopic (exact) mass is 386 g/mol. The number of morpholine rings is 1. The molecule has 1 atom stereocenters. The molecular weight excluding hydrogens is 366 g/mol. The average Bonchev–Trinajstić information content (AvgIpc) is 2.70. The smallest absolute Gasteiger partial charge is 0.254 e. The Morgan fingerprint density at radius 2 is 1.82 bits per heavy atom. The second kappa shape index (κ2) is 7.31. The van der Waals surface area contributed by atoms with Crippen LogP contribution >= 0.6 is 0 Å². The molecule has 5 nitrogen and oxygen atoms in total. The van der Waals surface area contributed by atoms with E-state index >= 15 is 0 Å². The second-order valence-electron chi connectivity index (χ2n) is 7.27. The third kappa shape index (κ3) is 3.62. The standard InChI is InChI=1S/C21H20F2N2O3/c22-16-5-7-18(8-6-16)25-14-21(28-12-19(25)26)9-2-10-24(13-21)20(27)15-3-1-4-17(23)11-15/h1,3-8,11H,2,9-10,12-14H2. The van der Waals surface area contributed by atoms with Crippen LogP contribution in [0.4, 0.5) is 14.5 Å². The second-order valence-corrected chi connectivity index (χ2v) is 7.27. The fraction of sp³-hybridized carbons (Fsp3) is 0.333. The first kappa shape index (κ1) is 18.6. The van der Waals surface area contributed by atoms with E-state index in [1.165, 1.54) is 30.3 Å². The summed E-state index contributed by atoms with van der Waals surface area (Å²) in [5, 5.41) is 0. The van der Waals surface area contributed by atoms with Crippen molar-refractivity contribution in [1.82, 2.24) is 4.90 Å². The molecule has 28 heavy (non-hydrogen) atoms. The van der Waals surface area contributed by atoms with Gasteiger partial charge in [-0.15, -0.1) is 0 Å². The van der Waals surface area contributed by atoms with E-state index in [-0.39, 0.29) is 30.8 Å². The van der Waals surface area contributed by atoms with Gasteiger partial charge in [-0.05, 0) is 55.3 Å². The molecule has 2 aliphatic heterocycles. The van der Waals surface area contributed by atoms with Crippen LogP contribution in [0.1, 0.15) is 23.2 Å². The van der Waals surface area contributed by atoms with Gasteiger partial charge in [-0.25, -0.2) is 8.78 Å². The Labute approximate surface area is 161 Å². The molecule has 2 saturated heterocycles. The van der Waals surface area contributed by atoms with E-state index in [1.807, 2.05) is 0 Å². The number of piperidine rings is 1. The maximum Gasteiger partial charge on any atom is 0.254 e. The number of carbonyl (C=O) groups is 2. The number of halogens is 2. The van der Waals surface area contributed by atoms with Crippen molar-refractivity contribution in [3.63, 3.8) is 0 Å². The molecule has 0 aliphatic carbocycles. The number of amides is 2. The van der Waals surface area contributed by atoms with Gasteiger partial charge < -0.3 is 14.5 Å². The molecule has 2 fully saturated rings. The minimum atomic E-state index is -0.691. The summed E-state index contributed by atoms with van der Waals surface area (Å²) in [6.07, 6.45) is 1.41. The first-order chi connectivity index (χ1) is 13.5. The van der Waals surface area contributed by atoms with Crippen LogP contribution in [-0.2, 0) is 9.53 Å².